The van der Waals surface area contributed by atoms with Crippen molar-refractivity contribution in [1.82, 2.24) is 5.32 Å². The van der Waals surface area contributed by atoms with Crippen molar-refractivity contribution in [2.24, 2.45) is 0 Å². The maximum atomic E-state index is 13.5. The standard InChI is InChI=1S/C21H24FNO5/c1-3-11-27-18-10-9-15(12-19(18)26-4-2)21(25)28-14-20(24)23-13-16-7-5-6-8-17(16)22/h5-10,12H,3-4,11,13-14H2,1-2H3,(H,23,24). The van der Waals surface area contributed by atoms with E-state index in [9.17, 15) is 14.0 Å². The Morgan fingerprint density at radius 1 is 1.04 bits per heavy atom. The summed E-state index contributed by atoms with van der Waals surface area (Å²) in [5.74, 6) is -0.612. The Morgan fingerprint density at radius 2 is 1.82 bits per heavy atom. The third kappa shape index (κ3) is 6.26. The van der Waals surface area contributed by atoms with Crippen molar-refractivity contribution in [3.05, 3.63) is 59.4 Å². The molecule has 0 saturated carbocycles. The van der Waals surface area contributed by atoms with Crippen LogP contribution in [0, 0.1) is 5.82 Å². The summed E-state index contributed by atoms with van der Waals surface area (Å²) in [4.78, 5) is 24.1. The number of halogens is 1. The Morgan fingerprint density at radius 3 is 2.54 bits per heavy atom. The van der Waals surface area contributed by atoms with E-state index in [2.05, 4.69) is 5.32 Å². The zero-order valence-corrected chi connectivity index (χ0v) is 16.0. The zero-order valence-electron chi connectivity index (χ0n) is 16.0. The molecule has 0 heterocycles. The van der Waals surface area contributed by atoms with Crippen LogP contribution in [0.4, 0.5) is 4.39 Å². The van der Waals surface area contributed by atoms with E-state index in [1.807, 2.05) is 13.8 Å². The molecular weight excluding hydrogens is 365 g/mol. The molecule has 28 heavy (non-hydrogen) atoms. The van der Waals surface area contributed by atoms with Crippen molar-refractivity contribution in [3.63, 3.8) is 0 Å². The summed E-state index contributed by atoms with van der Waals surface area (Å²) in [6.07, 6.45) is 0.845. The molecule has 0 bridgehead atoms. The van der Waals surface area contributed by atoms with Crippen molar-refractivity contribution in [2.75, 3.05) is 19.8 Å². The summed E-state index contributed by atoms with van der Waals surface area (Å²) >= 11 is 0. The van der Waals surface area contributed by atoms with Gasteiger partial charge in [-0.25, -0.2) is 9.18 Å². The van der Waals surface area contributed by atoms with E-state index in [1.54, 1.807) is 30.3 Å². The molecule has 0 atom stereocenters. The molecule has 0 fully saturated rings. The number of rotatable bonds is 10. The minimum atomic E-state index is -0.663. The molecular formula is C21H24FNO5. The van der Waals surface area contributed by atoms with Crippen molar-refractivity contribution in [3.8, 4) is 11.5 Å². The summed E-state index contributed by atoms with van der Waals surface area (Å²) < 4.78 is 29.6. The van der Waals surface area contributed by atoms with Gasteiger partial charge in [0.1, 0.15) is 5.82 Å². The van der Waals surface area contributed by atoms with E-state index in [-0.39, 0.29) is 12.1 Å². The van der Waals surface area contributed by atoms with E-state index in [4.69, 9.17) is 14.2 Å². The molecule has 0 unspecified atom stereocenters. The Balaban J connectivity index is 1.90. The van der Waals surface area contributed by atoms with Crippen molar-refractivity contribution < 1.29 is 28.2 Å². The molecule has 6 nitrogen and oxygen atoms in total. The molecule has 1 N–H and O–H groups in total. The molecule has 0 spiro atoms. The lowest BCUT2D eigenvalue weighted by molar-refractivity contribution is -0.124. The van der Waals surface area contributed by atoms with Crippen molar-refractivity contribution in [1.29, 1.82) is 0 Å². The van der Waals surface area contributed by atoms with Crippen LogP contribution >= 0.6 is 0 Å². The van der Waals surface area contributed by atoms with E-state index >= 15 is 0 Å². The molecule has 0 aliphatic carbocycles. The molecule has 0 aliphatic rings. The topological polar surface area (TPSA) is 73.9 Å². The molecule has 1 amide bonds. The normalized spacial score (nSPS) is 10.2. The Labute approximate surface area is 163 Å². The van der Waals surface area contributed by atoms with E-state index < -0.39 is 24.3 Å². The Bertz CT molecular complexity index is 809. The minimum absolute atomic E-state index is 0.0149. The van der Waals surface area contributed by atoms with Crippen LogP contribution in [-0.4, -0.2) is 31.7 Å². The Kier molecular flexibility index (Phi) is 8.27. The number of nitrogens with one attached hydrogen (secondary N) is 1. The predicted octanol–water partition coefficient (Wildman–Crippen LogP) is 3.49. The van der Waals surface area contributed by atoms with Crippen LogP contribution in [0.2, 0.25) is 0 Å². The highest BCUT2D eigenvalue weighted by Gasteiger charge is 2.14. The summed E-state index contributed by atoms with van der Waals surface area (Å²) in [6, 6.07) is 10.8. The average molecular weight is 389 g/mol. The smallest absolute Gasteiger partial charge is 0.338 e. The van der Waals surface area contributed by atoms with Gasteiger partial charge in [-0.15, -0.1) is 0 Å². The lowest BCUT2D eigenvalue weighted by atomic mass is 10.2. The monoisotopic (exact) mass is 389 g/mol. The SMILES string of the molecule is CCCOc1ccc(C(=O)OCC(=O)NCc2ccccc2F)cc1OCC. The van der Waals surface area contributed by atoms with Crippen LogP contribution in [0.3, 0.4) is 0 Å². The van der Waals surface area contributed by atoms with Gasteiger partial charge in [-0.1, -0.05) is 25.1 Å². The average Bonchev–Trinajstić information content (AvgIpc) is 2.70. The van der Waals surface area contributed by atoms with E-state index in [1.165, 1.54) is 12.1 Å². The van der Waals surface area contributed by atoms with Gasteiger partial charge < -0.3 is 19.5 Å². The quantitative estimate of drug-likeness (QED) is 0.630. The number of ether oxygens (including phenoxy) is 3. The number of benzene rings is 2. The summed E-state index contributed by atoms with van der Waals surface area (Å²) in [5, 5.41) is 2.51. The van der Waals surface area contributed by atoms with Crippen molar-refractivity contribution in [2.45, 2.75) is 26.8 Å². The summed E-state index contributed by atoms with van der Waals surface area (Å²) in [7, 11) is 0. The van der Waals surface area contributed by atoms with Crippen molar-refractivity contribution >= 4 is 11.9 Å². The lowest BCUT2D eigenvalue weighted by Crippen LogP contribution is -2.28. The fourth-order valence-electron chi connectivity index (χ4n) is 2.34. The van der Waals surface area contributed by atoms with Crippen LogP contribution in [0.15, 0.2) is 42.5 Å². The van der Waals surface area contributed by atoms with Gasteiger partial charge in [0.25, 0.3) is 5.91 Å². The highest BCUT2D eigenvalue weighted by Crippen LogP contribution is 2.29. The number of hydrogen-bond donors (Lipinski definition) is 1. The number of carbonyl (C=O) groups is 2. The lowest BCUT2D eigenvalue weighted by Gasteiger charge is -2.13. The molecule has 7 heteroatoms. The molecule has 0 aliphatic heterocycles. The third-order valence-electron chi connectivity index (χ3n) is 3.71. The highest BCUT2D eigenvalue weighted by atomic mass is 19.1. The molecule has 2 aromatic carbocycles. The molecule has 0 aromatic heterocycles. The largest absolute Gasteiger partial charge is 0.490 e. The predicted molar refractivity (Wildman–Crippen MR) is 102 cm³/mol. The molecule has 0 radical (unpaired) electrons. The van der Waals surface area contributed by atoms with Crippen LogP contribution in [0.1, 0.15) is 36.2 Å². The maximum absolute atomic E-state index is 13.5. The summed E-state index contributed by atoms with van der Waals surface area (Å²) in [6.45, 7) is 4.32. The first-order chi connectivity index (χ1) is 13.5. The van der Waals surface area contributed by atoms with Crippen LogP contribution in [0.5, 0.6) is 11.5 Å². The summed E-state index contributed by atoms with van der Waals surface area (Å²) in [5.41, 5.74) is 0.598. The van der Waals surface area contributed by atoms with Gasteiger partial charge in [0.05, 0.1) is 18.8 Å². The van der Waals surface area contributed by atoms with Crippen LogP contribution in [0.25, 0.3) is 0 Å². The van der Waals surface area contributed by atoms with Gasteiger partial charge in [0.2, 0.25) is 0 Å². The van der Waals surface area contributed by atoms with Gasteiger partial charge >= 0.3 is 5.97 Å². The van der Waals surface area contributed by atoms with Gasteiger partial charge in [0, 0.05) is 12.1 Å². The molecule has 2 aromatic rings. The minimum Gasteiger partial charge on any atom is -0.490 e. The first-order valence-corrected chi connectivity index (χ1v) is 9.12. The van der Waals surface area contributed by atoms with Gasteiger partial charge in [-0.05, 0) is 37.6 Å². The molecule has 2 rings (SSSR count). The second-order valence-corrected chi connectivity index (χ2v) is 5.89. The number of carbonyl (C=O) groups excluding carboxylic acids is 2. The van der Waals surface area contributed by atoms with Gasteiger partial charge in [-0.3, -0.25) is 4.79 Å². The second-order valence-electron chi connectivity index (χ2n) is 5.89. The zero-order chi connectivity index (χ0) is 20.4. The van der Waals surface area contributed by atoms with Crippen LogP contribution < -0.4 is 14.8 Å². The highest BCUT2D eigenvalue weighted by molar-refractivity contribution is 5.92. The molecule has 150 valence electrons. The van der Waals surface area contributed by atoms with E-state index in [0.29, 0.717) is 30.3 Å². The fraction of sp³-hybridized carbons (Fsp3) is 0.333. The second kappa shape index (κ2) is 10.9. The number of amides is 1. The molecule has 0 saturated heterocycles. The first kappa shape index (κ1) is 21.2. The van der Waals surface area contributed by atoms with Gasteiger partial charge in [0.15, 0.2) is 18.1 Å². The number of esters is 1. The Hall–Kier alpha value is -3.09. The van der Waals surface area contributed by atoms with Gasteiger partial charge in [-0.2, -0.15) is 0 Å². The van der Waals surface area contributed by atoms with Crippen LogP contribution in [-0.2, 0) is 16.1 Å². The first-order valence-electron chi connectivity index (χ1n) is 9.12. The maximum Gasteiger partial charge on any atom is 0.338 e. The van der Waals surface area contributed by atoms with E-state index in [0.717, 1.165) is 6.42 Å². The fourth-order valence-corrected chi connectivity index (χ4v) is 2.34. The third-order valence-corrected chi connectivity index (χ3v) is 3.71. The number of hydrogen-bond acceptors (Lipinski definition) is 5.